The zero-order valence-corrected chi connectivity index (χ0v) is 17.3. The molecule has 4 saturated carbocycles. The minimum atomic E-state index is -0.139. The molecule has 0 saturated heterocycles. The molecule has 1 N–H and O–H groups in total. The molecule has 6 heteroatoms. The third-order valence-electron chi connectivity index (χ3n) is 7.23. The number of pyridine rings is 1. The van der Waals surface area contributed by atoms with Crippen LogP contribution in [0.4, 0.5) is 5.13 Å². The quantitative estimate of drug-likeness (QED) is 0.658. The molecule has 4 aliphatic rings. The van der Waals surface area contributed by atoms with Gasteiger partial charge < -0.3 is 0 Å². The normalized spacial score (nSPS) is 30.0. The van der Waals surface area contributed by atoms with Gasteiger partial charge in [-0.15, -0.1) is 10.2 Å². The largest absolute Gasteiger partial charge is 0.296 e. The Balaban J connectivity index is 1.28. The maximum atomic E-state index is 13.0. The summed E-state index contributed by atoms with van der Waals surface area (Å²) in [5, 5.41) is 14.6. The molecule has 4 aliphatic carbocycles. The molecule has 4 fully saturated rings. The zero-order valence-electron chi connectivity index (χ0n) is 16.5. The van der Waals surface area contributed by atoms with Gasteiger partial charge in [0.2, 0.25) is 5.13 Å². The molecule has 1 amide bonds. The number of aryl methyl sites for hydroxylation is 1. The van der Waals surface area contributed by atoms with Gasteiger partial charge in [-0.3, -0.25) is 15.1 Å². The van der Waals surface area contributed by atoms with Crippen molar-refractivity contribution in [1.29, 1.82) is 0 Å². The van der Waals surface area contributed by atoms with E-state index in [1.54, 1.807) is 11.3 Å². The molecule has 2 aromatic heterocycles. The molecular formula is C23H24N4OS. The summed E-state index contributed by atoms with van der Waals surface area (Å²) in [4.78, 5) is 17.6. The highest BCUT2D eigenvalue weighted by atomic mass is 32.1. The van der Waals surface area contributed by atoms with Crippen molar-refractivity contribution in [1.82, 2.24) is 15.2 Å². The van der Waals surface area contributed by atoms with Gasteiger partial charge in [-0.25, -0.2) is 0 Å². The van der Waals surface area contributed by atoms with E-state index in [2.05, 4.69) is 20.5 Å². The Kier molecular flexibility index (Phi) is 3.82. The summed E-state index contributed by atoms with van der Waals surface area (Å²) in [6.45, 7) is 1.92. The Morgan fingerprint density at radius 3 is 2.48 bits per heavy atom. The second-order valence-electron chi connectivity index (χ2n) is 9.39. The van der Waals surface area contributed by atoms with Crippen LogP contribution in [0.5, 0.6) is 0 Å². The van der Waals surface area contributed by atoms with Crippen LogP contribution >= 0.6 is 11.3 Å². The number of amides is 1. The van der Waals surface area contributed by atoms with Crippen molar-refractivity contribution in [2.45, 2.75) is 50.9 Å². The molecule has 0 radical (unpaired) electrons. The number of nitrogens with zero attached hydrogens (tertiary/aromatic N) is 3. The van der Waals surface area contributed by atoms with Gasteiger partial charge in [0.05, 0.1) is 11.1 Å². The maximum Gasteiger partial charge on any atom is 0.258 e. The van der Waals surface area contributed by atoms with Gasteiger partial charge in [0.25, 0.3) is 5.91 Å². The van der Waals surface area contributed by atoms with Crippen molar-refractivity contribution in [2.24, 2.45) is 17.8 Å². The van der Waals surface area contributed by atoms with Gasteiger partial charge in [0.15, 0.2) is 0 Å². The third kappa shape index (κ3) is 2.88. The van der Waals surface area contributed by atoms with E-state index in [0.717, 1.165) is 39.4 Å². The highest BCUT2D eigenvalue weighted by Crippen LogP contribution is 2.61. The van der Waals surface area contributed by atoms with E-state index in [4.69, 9.17) is 0 Å². The van der Waals surface area contributed by atoms with E-state index >= 15 is 0 Å². The molecule has 148 valence electrons. The van der Waals surface area contributed by atoms with E-state index in [1.165, 1.54) is 38.5 Å². The van der Waals surface area contributed by atoms with Gasteiger partial charge in [-0.2, -0.15) is 0 Å². The van der Waals surface area contributed by atoms with Crippen molar-refractivity contribution in [3.8, 4) is 0 Å². The number of anilines is 1. The molecular weight excluding hydrogens is 380 g/mol. The third-order valence-corrected chi connectivity index (χ3v) is 8.31. The Hall–Kier alpha value is -2.34. The summed E-state index contributed by atoms with van der Waals surface area (Å²) < 4.78 is 0. The van der Waals surface area contributed by atoms with Gasteiger partial charge >= 0.3 is 0 Å². The summed E-state index contributed by atoms with van der Waals surface area (Å²) in [7, 11) is 0. The lowest BCUT2D eigenvalue weighted by atomic mass is 9.50. The van der Waals surface area contributed by atoms with E-state index in [9.17, 15) is 4.79 Å². The van der Waals surface area contributed by atoms with Gasteiger partial charge in [-0.1, -0.05) is 29.5 Å². The first-order chi connectivity index (χ1) is 14.1. The molecule has 7 rings (SSSR count). The van der Waals surface area contributed by atoms with Crippen LogP contribution in [0.25, 0.3) is 10.9 Å². The van der Waals surface area contributed by atoms with Gasteiger partial charge in [0, 0.05) is 16.5 Å². The number of hydrogen-bond donors (Lipinski definition) is 1. The number of carbonyl (C=O) groups excluding carboxylic acids is 1. The SMILES string of the molecule is Cc1cc(C(=O)Nc2nnc(C34CC5CC(CC(C5)C3)C4)s2)c2ccccc2n1. The van der Waals surface area contributed by atoms with Crippen molar-refractivity contribution in [2.75, 3.05) is 5.32 Å². The first-order valence-corrected chi connectivity index (χ1v) is 11.4. The molecule has 4 bridgehead atoms. The summed E-state index contributed by atoms with van der Waals surface area (Å²) in [5.74, 6) is 2.47. The van der Waals surface area contributed by atoms with Gasteiger partial charge in [0.1, 0.15) is 5.01 Å². The van der Waals surface area contributed by atoms with Crippen molar-refractivity contribution in [3.63, 3.8) is 0 Å². The van der Waals surface area contributed by atoms with Crippen LogP contribution in [0.15, 0.2) is 30.3 Å². The lowest BCUT2D eigenvalue weighted by molar-refractivity contribution is -0.00555. The van der Waals surface area contributed by atoms with Crippen molar-refractivity contribution < 1.29 is 4.79 Å². The Bertz CT molecular complexity index is 1090. The predicted octanol–water partition coefficient (Wildman–Crippen LogP) is 5.11. The van der Waals surface area contributed by atoms with Crippen LogP contribution in [0.1, 0.15) is 59.6 Å². The van der Waals surface area contributed by atoms with Gasteiger partial charge in [-0.05, 0) is 75.3 Å². The standard InChI is InChI=1S/C23H24N4OS/c1-13-6-18(17-4-2-3-5-19(17)24-13)20(28)25-22-27-26-21(29-22)23-10-14-7-15(11-23)9-16(8-14)12-23/h2-6,14-16H,7-12H2,1H3,(H,25,27,28). The first kappa shape index (κ1) is 17.5. The van der Waals surface area contributed by atoms with Crippen molar-refractivity contribution in [3.05, 3.63) is 46.6 Å². The minimum Gasteiger partial charge on any atom is -0.296 e. The number of nitrogens with one attached hydrogen (secondary N) is 1. The number of carbonyl (C=O) groups is 1. The monoisotopic (exact) mass is 404 g/mol. The summed E-state index contributed by atoms with van der Waals surface area (Å²) >= 11 is 1.58. The molecule has 29 heavy (non-hydrogen) atoms. The molecule has 0 aliphatic heterocycles. The fraction of sp³-hybridized carbons (Fsp3) is 0.478. The van der Waals surface area contributed by atoms with Crippen molar-refractivity contribution >= 4 is 33.3 Å². The Labute approximate surface area is 174 Å². The number of rotatable bonds is 3. The summed E-state index contributed by atoms with van der Waals surface area (Å²) in [6.07, 6.45) is 8.02. The van der Waals surface area contributed by atoms with Crippen LogP contribution < -0.4 is 5.32 Å². The number of para-hydroxylation sites is 1. The molecule has 5 nitrogen and oxygen atoms in total. The molecule has 1 aromatic carbocycles. The zero-order chi connectivity index (χ0) is 19.6. The highest BCUT2D eigenvalue weighted by molar-refractivity contribution is 7.15. The summed E-state index contributed by atoms with van der Waals surface area (Å²) in [6, 6.07) is 9.61. The molecule has 0 unspecified atom stereocenters. The average molecular weight is 405 g/mol. The Morgan fingerprint density at radius 2 is 1.76 bits per heavy atom. The molecule has 3 aromatic rings. The van der Waals surface area contributed by atoms with E-state index in [0.29, 0.717) is 10.7 Å². The lowest BCUT2D eigenvalue weighted by Gasteiger charge is -2.55. The topological polar surface area (TPSA) is 67.8 Å². The molecule has 0 spiro atoms. The van der Waals surface area contributed by atoms with Crippen LogP contribution in [-0.2, 0) is 5.41 Å². The molecule has 2 heterocycles. The van der Waals surface area contributed by atoms with E-state index in [-0.39, 0.29) is 11.3 Å². The van der Waals surface area contributed by atoms with Crippen LogP contribution in [0.3, 0.4) is 0 Å². The fourth-order valence-corrected chi connectivity index (χ4v) is 7.48. The maximum absolute atomic E-state index is 13.0. The number of fused-ring (bicyclic) bond motifs is 1. The number of hydrogen-bond acceptors (Lipinski definition) is 5. The van der Waals surface area contributed by atoms with E-state index in [1.807, 2.05) is 37.3 Å². The number of aromatic nitrogens is 3. The highest BCUT2D eigenvalue weighted by Gasteiger charge is 2.53. The first-order valence-electron chi connectivity index (χ1n) is 10.6. The minimum absolute atomic E-state index is 0.139. The van der Waals surface area contributed by atoms with Crippen LogP contribution in [0.2, 0.25) is 0 Å². The second-order valence-corrected chi connectivity index (χ2v) is 10.4. The smallest absolute Gasteiger partial charge is 0.258 e. The van der Waals surface area contributed by atoms with Crippen LogP contribution in [-0.4, -0.2) is 21.1 Å². The lowest BCUT2D eigenvalue weighted by Crippen LogP contribution is -2.48. The predicted molar refractivity (Wildman–Crippen MR) is 114 cm³/mol. The van der Waals surface area contributed by atoms with Crippen LogP contribution in [0, 0.1) is 24.7 Å². The fourth-order valence-electron chi connectivity index (χ4n) is 6.52. The Morgan fingerprint density at radius 1 is 1.07 bits per heavy atom. The molecule has 0 atom stereocenters. The number of benzene rings is 1. The van der Waals surface area contributed by atoms with E-state index < -0.39 is 0 Å². The second kappa shape index (κ2) is 6.33. The summed E-state index contributed by atoms with van der Waals surface area (Å²) in [5.41, 5.74) is 2.53. The average Bonchev–Trinajstić information content (AvgIpc) is 3.15.